The van der Waals surface area contributed by atoms with E-state index in [9.17, 15) is 9.59 Å². The summed E-state index contributed by atoms with van der Waals surface area (Å²) in [5.74, 6) is 0.0936. The quantitative estimate of drug-likeness (QED) is 0.929. The third kappa shape index (κ3) is 3.26. The van der Waals surface area contributed by atoms with Crippen LogP contribution in [-0.2, 0) is 13.0 Å². The highest BCUT2D eigenvalue weighted by molar-refractivity contribution is 6.03. The van der Waals surface area contributed by atoms with Gasteiger partial charge in [0, 0.05) is 31.4 Å². The van der Waals surface area contributed by atoms with Gasteiger partial charge in [0.1, 0.15) is 11.4 Å². The maximum absolute atomic E-state index is 12.5. The van der Waals surface area contributed by atoms with E-state index in [1.54, 1.807) is 23.1 Å². The monoisotopic (exact) mass is 339 g/mol. The number of nitrogens with zero attached hydrogens (tertiary/aromatic N) is 4. The second-order valence-corrected chi connectivity index (χ2v) is 6.56. The van der Waals surface area contributed by atoms with Gasteiger partial charge < -0.3 is 10.2 Å². The molecule has 2 aliphatic heterocycles. The summed E-state index contributed by atoms with van der Waals surface area (Å²) in [6.07, 6.45) is 5.31. The van der Waals surface area contributed by atoms with E-state index in [1.807, 2.05) is 10.7 Å². The summed E-state index contributed by atoms with van der Waals surface area (Å²) in [5, 5.41) is 7.21. The van der Waals surface area contributed by atoms with E-state index in [-0.39, 0.29) is 17.5 Å². The number of fused-ring (bicyclic) bond motifs is 1. The Kier molecular flexibility index (Phi) is 4.21. The molecule has 0 saturated carbocycles. The van der Waals surface area contributed by atoms with Crippen molar-refractivity contribution in [2.24, 2.45) is 0 Å². The number of carbonyl (C=O) groups excluding carboxylic acids is 2. The van der Waals surface area contributed by atoms with Gasteiger partial charge in [0.2, 0.25) is 0 Å². The molecule has 0 radical (unpaired) electrons. The van der Waals surface area contributed by atoms with Crippen LogP contribution in [-0.4, -0.2) is 44.6 Å². The zero-order chi connectivity index (χ0) is 17.2. The minimum absolute atomic E-state index is 0.107. The predicted octanol–water partition coefficient (Wildman–Crippen LogP) is 2.10. The van der Waals surface area contributed by atoms with Gasteiger partial charge in [-0.3, -0.25) is 14.3 Å². The Bertz CT molecular complexity index is 784. The van der Waals surface area contributed by atoms with Gasteiger partial charge in [-0.05, 0) is 44.2 Å². The molecular weight excluding hydrogens is 318 g/mol. The van der Waals surface area contributed by atoms with Crippen LogP contribution in [0.3, 0.4) is 0 Å². The first-order valence-electron chi connectivity index (χ1n) is 8.85. The average Bonchev–Trinajstić information content (AvgIpc) is 3.30. The van der Waals surface area contributed by atoms with E-state index < -0.39 is 0 Å². The number of aryl methyl sites for hydroxylation is 2. The summed E-state index contributed by atoms with van der Waals surface area (Å²) in [7, 11) is 0. The van der Waals surface area contributed by atoms with E-state index in [1.165, 1.54) is 0 Å². The predicted molar refractivity (Wildman–Crippen MR) is 92.5 cm³/mol. The molecule has 7 heteroatoms. The van der Waals surface area contributed by atoms with Crippen molar-refractivity contribution in [3.8, 4) is 0 Å². The highest BCUT2D eigenvalue weighted by atomic mass is 16.2. The van der Waals surface area contributed by atoms with Gasteiger partial charge in [0.05, 0.1) is 0 Å². The third-order valence-corrected chi connectivity index (χ3v) is 4.75. The Morgan fingerprint density at radius 2 is 1.76 bits per heavy atom. The zero-order valence-corrected chi connectivity index (χ0v) is 14.1. The molecule has 4 heterocycles. The molecule has 0 aliphatic carbocycles. The first kappa shape index (κ1) is 15.8. The maximum Gasteiger partial charge on any atom is 0.275 e. The molecule has 0 aromatic carbocycles. The minimum atomic E-state index is -0.341. The van der Waals surface area contributed by atoms with Gasteiger partial charge in [-0.15, -0.1) is 0 Å². The number of likely N-dealkylation sites (tertiary alicyclic amines) is 1. The van der Waals surface area contributed by atoms with Gasteiger partial charge in [-0.25, -0.2) is 4.98 Å². The smallest absolute Gasteiger partial charge is 0.275 e. The molecular formula is C18H21N5O2. The summed E-state index contributed by atoms with van der Waals surface area (Å²) in [5.41, 5.74) is 1.70. The summed E-state index contributed by atoms with van der Waals surface area (Å²) in [6, 6.07) is 6.89. The fourth-order valence-electron chi connectivity index (χ4n) is 3.42. The zero-order valence-electron chi connectivity index (χ0n) is 14.1. The van der Waals surface area contributed by atoms with Crippen LogP contribution in [0.1, 0.15) is 52.4 Å². The Morgan fingerprint density at radius 3 is 2.56 bits per heavy atom. The maximum atomic E-state index is 12.5. The summed E-state index contributed by atoms with van der Waals surface area (Å²) < 4.78 is 1.94. The lowest BCUT2D eigenvalue weighted by Crippen LogP contribution is -2.29. The number of amides is 2. The SMILES string of the molecule is O=C(Nc1cc2n(n1)CCCC2)c1cccc(C(=O)N2CCCC2)n1. The number of anilines is 1. The Hall–Kier alpha value is -2.70. The molecule has 7 nitrogen and oxygen atoms in total. The number of aromatic nitrogens is 3. The summed E-state index contributed by atoms with van der Waals surface area (Å²) in [6.45, 7) is 2.41. The van der Waals surface area contributed by atoms with Gasteiger partial charge in [0.25, 0.3) is 11.8 Å². The molecule has 2 aromatic rings. The molecule has 0 spiro atoms. The second-order valence-electron chi connectivity index (χ2n) is 6.56. The molecule has 0 unspecified atom stereocenters. The number of carbonyl (C=O) groups is 2. The molecule has 25 heavy (non-hydrogen) atoms. The lowest BCUT2D eigenvalue weighted by atomic mass is 10.1. The minimum Gasteiger partial charge on any atom is -0.337 e. The van der Waals surface area contributed by atoms with Gasteiger partial charge in [-0.2, -0.15) is 5.10 Å². The number of rotatable bonds is 3. The highest BCUT2D eigenvalue weighted by Gasteiger charge is 2.22. The number of hydrogen-bond donors (Lipinski definition) is 1. The Balaban J connectivity index is 1.49. The first-order valence-corrected chi connectivity index (χ1v) is 8.85. The van der Waals surface area contributed by atoms with Crippen LogP contribution in [0, 0.1) is 0 Å². The Labute approximate surface area is 146 Å². The fraction of sp³-hybridized carbons (Fsp3) is 0.444. The van der Waals surface area contributed by atoms with Gasteiger partial charge in [-0.1, -0.05) is 6.07 Å². The van der Waals surface area contributed by atoms with E-state index in [0.717, 1.165) is 57.4 Å². The Morgan fingerprint density at radius 1 is 1.00 bits per heavy atom. The van der Waals surface area contributed by atoms with E-state index in [4.69, 9.17) is 0 Å². The van der Waals surface area contributed by atoms with E-state index >= 15 is 0 Å². The molecule has 1 saturated heterocycles. The van der Waals surface area contributed by atoms with Crippen LogP contribution in [0.4, 0.5) is 5.82 Å². The molecule has 0 bridgehead atoms. The van der Waals surface area contributed by atoms with Gasteiger partial charge >= 0.3 is 0 Å². The van der Waals surface area contributed by atoms with Crippen LogP contribution < -0.4 is 5.32 Å². The molecule has 1 N–H and O–H groups in total. The second kappa shape index (κ2) is 6.66. The third-order valence-electron chi connectivity index (χ3n) is 4.75. The number of pyridine rings is 1. The van der Waals surface area contributed by atoms with Crippen LogP contribution in [0.25, 0.3) is 0 Å². The average molecular weight is 339 g/mol. The standard InChI is InChI=1S/C18H21N5O2/c24-17(20-16-12-13-6-1-2-11-23(13)21-16)14-7-5-8-15(19-14)18(25)22-9-3-4-10-22/h5,7-8,12H,1-4,6,9-11H2,(H,20,21,24). The molecule has 0 atom stereocenters. The molecule has 130 valence electrons. The molecule has 4 rings (SSSR count). The summed E-state index contributed by atoms with van der Waals surface area (Å²) >= 11 is 0. The van der Waals surface area contributed by atoms with Crippen molar-refractivity contribution in [1.29, 1.82) is 0 Å². The van der Waals surface area contributed by atoms with Crippen molar-refractivity contribution in [2.45, 2.75) is 38.6 Å². The van der Waals surface area contributed by atoms with Gasteiger partial charge in [0.15, 0.2) is 5.82 Å². The lowest BCUT2D eigenvalue weighted by molar-refractivity contribution is 0.0787. The van der Waals surface area contributed by atoms with Crippen molar-refractivity contribution in [2.75, 3.05) is 18.4 Å². The molecule has 2 amide bonds. The first-order chi connectivity index (χ1) is 12.2. The molecule has 1 fully saturated rings. The lowest BCUT2D eigenvalue weighted by Gasteiger charge is -2.14. The van der Waals surface area contributed by atoms with Crippen LogP contribution >= 0.6 is 0 Å². The molecule has 2 aromatic heterocycles. The molecule has 2 aliphatic rings. The normalized spacial score (nSPS) is 16.6. The van der Waals surface area contributed by atoms with Crippen LogP contribution in [0.15, 0.2) is 24.3 Å². The fourth-order valence-corrected chi connectivity index (χ4v) is 3.42. The van der Waals surface area contributed by atoms with Crippen LogP contribution in [0.5, 0.6) is 0 Å². The van der Waals surface area contributed by atoms with Crippen molar-refractivity contribution in [3.05, 3.63) is 41.3 Å². The summed E-state index contributed by atoms with van der Waals surface area (Å²) in [4.78, 5) is 30.9. The number of hydrogen-bond acceptors (Lipinski definition) is 4. The van der Waals surface area contributed by atoms with Crippen molar-refractivity contribution >= 4 is 17.6 Å². The number of nitrogens with one attached hydrogen (secondary N) is 1. The van der Waals surface area contributed by atoms with Crippen molar-refractivity contribution < 1.29 is 9.59 Å². The van der Waals surface area contributed by atoms with E-state index in [0.29, 0.717) is 11.5 Å². The van der Waals surface area contributed by atoms with Crippen molar-refractivity contribution in [3.63, 3.8) is 0 Å². The van der Waals surface area contributed by atoms with E-state index in [2.05, 4.69) is 15.4 Å². The topological polar surface area (TPSA) is 80.1 Å². The van der Waals surface area contributed by atoms with Crippen LogP contribution in [0.2, 0.25) is 0 Å². The highest BCUT2D eigenvalue weighted by Crippen LogP contribution is 2.18. The largest absolute Gasteiger partial charge is 0.337 e. The van der Waals surface area contributed by atoms with Crippen molar-refractivity contribution in [1.82, 2.24) is 19.7 Å².